The largest absolute Gasteiger partial charge is 0.396 e. The molecule has 0 saturated heterocycles. The highest BCUT2D eigenvalue weighted by molar-refractivity contribution is 5.11. The average molecular weight is 172 g/mol. The Morgan fingerprint density at radius 2 is 1.42 bits per heavy atom. The predicted molar refractivity (Wildman–Crippen MR) is 48.8 cm³/mol. The van der Waals surface area contributed by atoms with Gasteiger partial charge in [-0.1, -0.05) is 27.7 Å². The molecule has 0 aliphatic heterocycles. The first-order valence-corrected chi connectivity index (χ1v) is 4.55. The second-order valence-electron chi connectivity index (χ2n) is 5.28. The van der Waals surface area contributed by atoms with Gasteiger partial charge in [0.1, 0.15) is 0 Å². The third-order valence-corrected chi connectivity index (χ3v) is 4.40. The minimum atomic E-state index is -0.253. The van der Waals surface area contributed by atoms with Crippen molar-refractivity contribution >= 4 is 0 Å². The van der Waals surface area contributed by atoms with Crippen molar-refractivity contribution in [1.29, 1.82) is 0 Å². The molecule has 1 fully saturated rings. The fraction of sp³-hybridized carbons (Fsp3) is 1.00. The van der Waals surface area contributed by atoms with Gasteiger partial charge in [-0.05, 0) is 17.3 Å². The Kier molecular flexibility index (Phi) is 2.05. The van der Waals surface area contributed by atoms with Gasteiger partial charge in [0.25, 0.3) is 0 Å². The normalized spacial score (nSPS) is 29.5. The first kappa shape index (κ1) is 10.0. The van der Waals surface area contributed by atoms with Crippen LogP contribution >= 0.6 is 0 Å². The molecule has 1 saturated carbocycles. The maximum absolute atomic E-state index is 9.24. The van der Waals surface area contributed by atoms with E-state index in [2.05, 4.69) is 27.7 Å². The zero-order chi connectivity index (χ0) is 9.62. The molecule has 1 aliphatic rings. The first-order valence-electron chi connectivity index (χ1n) is 4.55. The maximum Gasteiger partial charge on any atom is 0.0514 e. The van der Waals surface area contributed by atoms with Gasteiger partial charge in [-0.3, -0.25) is 0 Å². The SMILES string of the molecule is CC1(C)CC(CO)(CO)C1(C)C. The predicted octanol–water partition coefficient (Wildman–Crippen LogP) is 1.41. The lowest BCUT2D eigenvalue weighted by Crippen LogP contribution is -2.63. The van der Waals surface area contributed by atoms with Crippen LogP contribution in [0.15, 0.2) is 0 Å². The Bertz CT molecular complexity index is 178. The maximum atomic E-state index is 9.24. The summed E-state index contributed by atoms with van der Waals surface area (Å²) in [6, 6.07) is 0. The molecule has 72 valence electrons. The van der Waals surface area contributed by atoms with Crippen LogP contribution in [0.5, 0.6) is 0 Å². The topological polar surface area (TPSA) is 40.5 Å². The van der Waals surface area contributed by atoms with E-state index < -0.39 is 0 Å². The molecule has 2 heteroatoms. The van der Waals surface area contributed by atoms with Crippen LogP contribution in [0.2, 0.25) is 0 Å². The molecule has 0 bridgehead atoms. The third-order valence-electron chi connectivity index (χ3n) is 4.40. The monoisotopic (exact) mass is 172 g/mol. The van der Waals surface area contributed by atoms with Crippen LogP contribution in [0.3, 0.4) is 0 Å². The van der Waals surface area contributed by atoms with Crippen molar-refractivity contribution in [3.8, 4) is 0 Å². The summed E-state index contributed by atoms with van der Waals surface area (Å²) in [5, 5.41) is 18.5. The van der Waals surface area contributed by atoms with Crippen molar-refractivity contribution in [3.63, 3.8) is 0 Å². The smallest absolute Gasteiger partial charge is 0.0514 e. The molecular formula is C10H20O2. The molecule has 0 amide bonds. The average Bonchev–Trinajstić information content (AvgIpc) is 1.99. The third kappa shape index (κ3) is 0.882. The summed E-state index contributed by atoms with van der Waals surface area (Å²) < 4.78 is 0. The summed E-state index contributed by atoms with van der Waals surface area (Å²) >= 11 is 0. The van der Waals surface area contributed by atoms with Gasteiger partial charge in [-0.2, -0.15) is 0 Å². The standard InChI is InChI=1S/C10H20O2/c1-8(2)5-10(6-11,7-12)9(8,3)4/h11-12H,5-7H2,1-4H3. The fourth-order valence-corrected chi connectivity index (χ4v) is 2.46. The lowest BCUT2D eigenvalue weighted by Gasteiger charge is -2.66. The van der Waals surface area contributed by atoms with Gasteiger partial charge < -0.3 is 10.2 Å². The molecule has 0 unspecified atom stereocenters. The quantitative estimate of drug-likeness (QED) is 0.661. The molecule has 2 nitrogen and oxygen atoms in total. The van der Waals surface area contributed by atoms with Crippen molar-refractivity contribution in [2.45, 2.75) is 34.1 Å². The number of rotatable bonds is 2. The molecule has 1 aliphatic carbocycles. The highest BCUT2D eigenvalue weighted by atomic mass is 16.3. The molecule has 0 aromatic carbocycles. The van der Waals surface area contributed by atoms with Crippen LogP contribution in [0, 0.1) is 16.2 Å². The summed E-state index contributed by atoms with van der Waals surface area (Å²) in [7, 11) is 0. The second-order valence-corrected chi connectivity index (χ2v) is 5.28. The van der Waals surface area contributed by atoms with Gasteiger partial charge in [-0.15, -0.1) is 0 Å². The van der Waals surface area contributed by atoms with Crippen LogP contribution < -0.4 is 0 Å². The van der Waals surface area contributed by atoms with E-state index >= 15 is 0 Å². The minimum Gasteiger partial charge on any atom is -0.396 e. The molecule has 0 heterocycles. The van der Waals surface area contributed by atoms with E-state index in [9.17, 15) is 10.2 Å². The fourth-order valence-electron chi connectivity index (χ4n) is 2.46. The van der Waals surface area contributed by atoms with Crippen LogP contribution in [-0.4, -0.2) is 23.4 Å². The molecular weight excluding hydrogens is 152 g/mol. The summed E-state index contributed by atoms with van der Waals surface area (Å²) in [4.78, 5) is 0. The van der Waals surface area contributed by atoms with Gasteiger partial charge in [0.05, 0.1) is 13.2 Å². The van der Waals surface area contributed by atoms with E-state index in [1.807, 2.05) is 0 Å². The van der Waals surface area contributed by atoms with E-state index in [1.165, 1.54) is 0 Å². The molecule has 0 atom stereocenters. The Morgan fingerprint density at radius 1 is 1.00 bits per heavy atom. The second kappa shape index (κ2) is 2.46. The Labute approximate surface area is 74.6 Å². The Morgan fingerprint density at radius 3 is 1.50 bits per heavy atom. The number of hydrogen-bond donors (Lipinski definition) is 2. The Balaban J connectivity index is 2.88. The van der Waals surface area contributed by atoms with Gasteiger partial charge in [0, 0.05) is 5.41 Å². The first-order chi connectivity index (χ1) is 5.33. The lowest BCUT2D eigenvalue weighted by atomic mass is 9.39. The van der Waals surface area contributed by atoms with E-state index in [4.69, 9.17) is 0 Å². The van der Waals surface area contributed by atoms with Gasteiger partial charge >= 0.3 is 0 Å². The number of hydrogen-bond acceptors (Lipinski definition) is 2. The van der Waals surface area contributed by atoms with Crippen LogP contribution in [-0.2, 0) is 0 Å². The van der Waals surface area contributed by atoms with Gasteiger partial charge in [0.15, 0.2) is 0 Å². The summed E-state index contributed by atoms with van der Waals surface area (Å²) in [6.45, 7) is 8.83. The van der Waals surface area contributed by atoms with Crippen LogP contribution in [0.1, 0.15) is 34.1 Å². The van der Waals surface area contributed by atoms with Crippen LogP contribution in [0.4, 0.5) is 0 Å². The molecule has 0 aromatic heterocycles. The molecule has 0 spiro atoms. The van der Waals surface area contributed by atoms with Crippen molar-refractivity contribution in [1.82, 2.24) is 0 Å². The molecule has 0 radical (unpaired) electrons. The highest BCUT2D eigenvalue weighted by Gasteiger charge is 2.63. The molecule has 0 aromatic rings. The number of aliphatic hydroxyl groups excluding tert-OH is 2. The highest BCUT2D eigenvalue weighted by Crippen LogP contribution is 2.67. The van der Waals surface area contributed by atoms with Crippen molar-refractivity contribution in [2.24, 2.45) is 16.2 Å². The van der Waals surface area contributed by atoms with Crippen molar-refractivity contribution in [2.75, 3.05) is 13.2 Å². The molecule has 1 rings (SSSR count). The summed E-state index contributed by atoms with van der Waals surface area (Å²) in [5.41, 5.74) is 0.0124. The zero-order valence-corrected chi connectivity index (χ0v) is 8.52. The van der Waals surface area contributed by atoms with Gasteiger partial charge in [0.2, 0.25) is 0 Å². The zero-order valence-electron chi connectivity index (χ0n) is 8.52. The van der Waals surface area contributed by atoms with E-state index in [0.717, 1.165) is 6.42 Å². The molecule has 12 heavy (non-hydrogen) atoms. The summed E-state index contributed by atoms with van der Waals surface area (Å²) in [6.07, 6.45) is 0.917. The minimum absolute atomic E-state index is 0.0312. The van der Waals surface area contributed by atoms with E-state index in [1.54, 1.807) is 0 Å². The van der Waals surface area contributed by atoms with Crippen LogP contribution in [0.25, 0.3) is 0 Å². The molecule has 2 N–H and O–H groups in total. The van der Waals surface area contributed by atoms with Crippen molar-refractivity contribution in [3.05, 3.63) is 0 Å². The van der Waals surface area contributed by atoms with Crippen molar-refractivity contribution < 1.29 is 10.2 Å². The lowest BCUT2D eigenvalue weighted by molar-refractivity contribution is -0.217. The summed E-state index contributed by atoms with van der Waals surface area (Å²) in [5.74, 6) is 0. The van der Waals surface area contributed by atoms with E-state index in [0.29, 0.717) is 0 Å². The van der Waals surface area contributed by atoms with Gasteiger partial charge in [-0.25, -0.2) is 0 Å². The Hall–Kier alpha value is -0.0800. The number of aliphatic hydroxyl groups is 2. The van der Waals surface area contributed by atoms with E-state index in [-0.39, 0.29) is 29.5 Å².